The fourth-order valence-corrected chi connectivity index (χ4v) is 0.413. The molecule has 0 aliphatic rings. The second kappa shape index (κ2) is 3.89. The quantitative estimate of drug-likeness (QED) is 0.369. The third-order valence-corrected chi connectivity index (χ3v) is 1.02. The smallest absolute Gasteiger partial charge is 0.332 e. The van der Waals surface area contributed by atoms with Crippen LogP contribution in [0.25, 0.3) is 0 Å². The highest BCUT2D eigenvalue weighted by molar-refractivity contribution is 5.75. The number of carboxylic acids is 2. The topological polar surface area (TPSA) is 115 Å². The Balaban J connectivity index is 3.84. The molecule has 11 heavy (non-hydrogen) atoms. The maximum absolute atomic E-state index is 9.90. The SMILES string of the molecule is O=[13C](O)C(O)CC(O)[13C](=O)O. The number of carbonyl (C=O) groups is 2. The predicted molar refractivity (Wildman–Crippen MR) is 31.9 cm³/mol. The van der Waals surface area contributed by atoms with Crippen molar-refractivity contribution in [1.29, 1.82) is 0 Å². The van der Waals surface area contributed by atoms with Crippen molar-refractivity contribution in [3.05, 3.63) is 0 Å². The minimum Gasteiger partial charge on any atom is -0.479 e. The minimum absolute atomic E-state index is 0.704. The summed E-state index contributed by atoms with van der Waals surface area (Å²) in [5.41, 5.74) is 0. The highest BCUT2D eigenvalue weighted by atomic mass is 16.5. The van der Waals surface area contributed by atoms with E-state index < -0.39 is 30.6 Å². The number of aliphatic carboxylic acids is 2. The summed E-state index contributed by atoms with van der Waals surface area (Å²) < 4.78 is 0. The number of aliphatic hydroxyl groups is 2. The molecule has 64 valence electrons. The standard InChI is InChI=1S/C5H8O6/c6-2(4(8)9)1-3(7)5(10)11/h2-3,6-7H,1H2,(H,8,9)(H,10,11)/i4+1,5+1. The van der Waals surface area contributed by atoms with Crippen LogP contribution in [0.4, 0.5) is 0 Å². The van der Waals surface area contributed by atoms with E-state index in [1.807, 2.05) is 0 Å². The Morgan fingerprint density at radius 3 is 1.45 bits per heavy atom. The van der Waals surface area contributed by atoms with Crippen molar-refractivity contribution in [3.63, 3.8) is 0 Å². The fourth-order valence-electron chi connectivity index (χ4n) is 0.413. The second-order valence-electron chi connectivity index (χ2n) is 1.94. The maximum atomic E-state index is 9.90. The molecule has 6 heteroatoms. The Kier molecular flexibility index (Phi) is 3.49. The summed E-state index contributed by atoms with van der Waals surface area (Å²) in [7, 11) is 0. The fraction of sp³-hybridized carbons (Fsp3) is 0.600. The Morgan fingerprint density at radius 2 is 1.27 bits per heavy atom. The largest absolute Gasteiger partial charge is 0.479 e. The molecule has 6 nitrogen and oxygen atoms in total. The number of hydrogen-bond acceptors (Lipinski definition) is 4. The van der Waals surface area contributed by atoms with Gasteiger partial charge in [0.1, 0.15) is 0 Å². The highest BCUT2D eigenvalue weighted by Gasteiger charge is 2.22. The molecule has 0 radical (unpaired) electrons. The van der Waals surface area contributed by atoms with E-state index in [9.17, 15) is 9.59 Å². The highest BCUT2D eigenvalue weighted by Crippen LogP contribution is 1.98. The average molecular weight is 166 g/mol. The van der Waals surface area contributed by atoms with Crippen LogP contribution in [0.1, 0.15) is 6.42 Å². The summed E-state index contributed by atoms with van der Waals surface area (Å²) in [6.07, 6.45) is -4.37. The van der Waals surface area contributed by atoms with Crippen molar-refractivity contribution in [3.8, 4) is 0 Å². The first kappa shape index (κ1) is 9.86. The lowest BCUT2D eigenvalue weighted by atomic mass is 10.3. The van der Waals surface area contributed by atoms with Crippen LogP contribution in [-0.4, -0.2) is 44.6 Å². The van der Waals surface area contributed by atoms with Crippen LogP contribution in [0.5, 0.6) is 0 Å². The maximum Gasteiger partial charge on any atom is 0.332 e. The van der Waals surface area contributed by atoms with Gasteiger partial charge in [-0.1, -0.05) is 0 Å². The summed E-state index contributed by atoms with van der Waals surface area (Å²) in [6, 6.07) is 0. The van der Waals surface area contributed by atoms with Gasteiger partial charge >= 0.3 is 11.9 Å². The molecule has 2 unspecified atom stereocenters. The molecule has 0 aliphatic carbocycles. The van der Waals surface area contributed by atoms with Gasteiger partial charge in [0.2, 0.25) is 0 Å². The Morgan fingerprint density at radius 1 is 1.00 bits per heavy atom. The summed E-state index contributed by atoms with van der Waals surface area (Å²) in [5, 5.41) is 33.2. The van der Waals surface area contributed by atoms with Gasteiger partial charge in [0, 0.05) is 6.42 Å². The summed E-state index contributed by atoms with van der Waals surface area (Å²) in [4.78, 5) is 19.8. The molecule has 0 bridgehead atoms. The molecule has 0 amide bonds. The van der Waals surface area contributed by atoms with E-state index in [2.05, 4.69) is 0 Å². The molecule has 0 aromatic carbocycles. The number of aliphatic hydroxyl groups excluding tert-OH is 2. The van der Waals surface area contributed by atoms with E-state index in [-0.39, 0.29) is 0 Å². The predicted octanol–water partition coefficient (Wildman–Crippen LogP) is -1.73. The molecule has 0 aromatic heterocycles. The Hall–Kier alpha value is -1.14. The van der Waals surface area contributed by atoms with Crippen LogP contribution < -0.4 is 0 Å². The van der Waals surface area contributed by atoms with Gasteiger partial charge in [-0.05, 0) is 0 Å². The minimum atomic E-state index is -1.83. The summed E-state index contributed by atoms with van der Waals surface area (Å²) in [5.74, 6) is -3.10. The molecule has 0 aromatic rings. The normalized spacial score (nSPS) is 15.5. The molecule has 0 fully saturated rings. The molecule has 0 spiro atoms. The monoisotopic (exact) mass is 166 g/mol. The van der Waals surface area contributed by atoms with Gasteiger partial charge < -0.3 is 20.4 Å². The van der Waals surface area contributed by atoms with Gasteiger partial charge in [-0.15, -0.1) is 0 Å². The molecule has 2 atom stereocenters. The van der Waals surface area contributed by atoms with Crippen LogP contribution in [0.3, 0.4) is 0 Å². The first-order valence-corrected chi connectivity index (χ1v) is 2.77. The molecule has 4 N–H and O–H groups in total. The molecule has 0 saturated heterocycles. The Labute approximate surface area is 61.7 Å². The van der Waals surface area contributed by atoms with Crippen LogP contribution in [0.15, 0.2) is 0 Å². The zero-order valence-electron chi connectivity index (χ0n) is 5.47. The van der Waals surface area contributed by atoms with E-state index in [1.54, 1.807) is 0 Å². The van der Waals surface area contributed by atoms with Crippen molar-refractivity contribution < 1.29 is 30.0 Å². The van der Waals surface area contributed by atoms with Crippen molar-refractivity contribution in [2.24, 2.45) is 0 Å². The third kappa shape index (κ3) is 3.54. The van der Waals surface area contributed by atoms with E-state index in [0.29, 0.717) is 0 Å². The van der Waals surface area contributed by atoms with E-state index in [0.717, 1.165) is 0 Å². The van der Waals surface area contributed by atoms with Crippen molar-refractivity contribution in [2.75, 3.05) is 0 Å². The number of carboxylic acid groups (broad SMARTS) is 2. The zero-order chi connectivity index (χ0) is 9.02. The van der Waals surface area contributed by atoms with Crippen molar-refractivity contribution in [2.45, 2.75) is 18.6 Å². The second-order valence-corrected chi connectivity index (χ2v) is 1.94. The number of rotatable bonds is 4. The molecule has 0 saturated carbocycles. The lowest BCUT2D eigenvalue weighted by molar-refractivity contribution is -0.153. The van der Waals surface area contributed by atoms with E-state index >= 15 is 0 Å². The lowest BCUT2D eigenvalue weighted by Gasteiger charge is -2.07. The van der Waals surface area contributed by atoms with Gasteiger partial charge in [0.25, 0.3) is 0 Å². The van der Waals surface area contributed by atoms with Crippen molar-refractivity contribution in [1.82, 2.24) is 0 Å². The van der Waals surface area contributed by atoms with Gasteiger partial charge in [-0.25, -0.2) is 9.59 Å². The first-order chi connectivity index (χ1) is 4.95. The van der Waals surface area contributed by atoms with Crippen molar-refractivity contribution >= 4 is 11.9 Å². The Bertz CT molecular complexity index is 146. The van der Waals surface area contributed by atoms with Crippen LogP contribution in [0.2, 0.25) is 0 Å². The summed E-state index contributed by atoms with van der Waals surface area (Å²) >= 11 is 0. The molecule has 0 rings (SSSR count). The van der Waals surface area contributed by atoms with E-state index in [4.69, 9.17) is 20.4 Å². The van der Waals surface area contributed by atoms with Crippen LogP contribution in [0, 0.1) is 0 Å². The van der Waals surface area contributed by atoms with Gasteiger partial charge in [-0.2, -0.15) is 0 Å². The molecular weight excluding hydrogens is 158 g/mol. The van der Waals surface area contributed by atoms with E-state index in [1.165, 1.54) is 0 Å². The van der Waals surface area contributed by atoms with Crippen LogP contribution in [-0.2, 0) is 9.59 Å². The molecule has 0 aliphatic heterocycles. The number of hydrogen-bond donors (Lipinski definition) is 4. The third-order valence-electron chi connectivity index (χ3n) is 1.02. The van der Waals surface area contributed by atoms with Gasteiger partial charge in [0.15, 0.2) is 12.2 Å². The average Bonchev–Trinajstić information content (AvgIpc) is 1.87. The van der Waals surface area contributed by atoms with Gasteiger partial charge in [0.05, 0.1) is 0 Å². The first-order valence-electron chi connectivity index (χ1n) is 2.77. The molecular formula is C5H8O6. The van der Waals surface area contributed by atoms with Gasteiger partial charge in [-0.3, -0.25) is 0 Å². The van der Waals surface area contributed by atoms with Crippen LogP contribution >= 0.6 is 0 Å². The lowest BCUT2D eigenvalue weighted by Crippen LogP contribution is -2.30. The zero-order valence-corrected chi connectivity index (χ0v) is 5.47. The summed E-state index contributed by atoms with van der Waals surface area (Å²) in [6.45, 7) is 0. The molecule has 0 heterocycles.